The number of halogens is 2. The predicted octanol–water partition coefficient (Wildman–Crippen LogP) is 2.90. The molecule has 145 valence electrons. The van der Waals surface area contributed by atoms with E-state index in [0.717, 1.165) is 19.1 Å². The van der Waals surface area contributed by atoms with E-state index in [-0.39, 0.29) is 13.1 Å². The number of unbranched alkanes of at least 4 members (excludes halogenated alkanes) is 1. The minimum atomic E-state index is 0.00694. The van der Waals surface area contributed by atoms with E-state index in [1.165, 1.54) is 71.4 Å². The van der Waals surface area contributed by atoms with Crippen molar-refractivity contribution in [3.63, 3.8) is 0 Å². The van der Waals surface area contributed by atoms with Crippen molar-refractivity contribution in [2.24, 2.45) is 0 Å². The van der Waals surface area contributed by atoms with Crippen molar-refractivity contribution in [2.75, 3.05) is 52.4 Å². The summed E-state index contributed by atoms with van der Waals surface area (Å²) >= 11 is 0.00694. The molecule has 4 atom stereocenters. The van der Waals surface area contributed by atoms with Gasteiger partial charge in [0.2, 0.25) is 0 Å². The maximum absolute atomic E-state index is 4.80. The molecule has 4 nitrogen and oxygen atoms in total. The molecular formula is C17H36Cl2MnN4. The maximum atomic E-state index is 4.80. The Morgan fingerprint density at radius 1 is 0.917 bits per heavy atom. The van der Waals surface area contributed by atoms with E-state index in [1.807, 2.05) is 0 Å². The Kier molecular flexibility index (Phi) is 14.4. The summed E-state index contributed by atoms with van der Waals surface area (Å²) in [4.78, 5) is 5.33. The van der Waals surface area contributed by atoms with E-state index in [2.05, 4.69) is 34.3 Å². The van der Waals surface area contributed by atoms with Crippen LogP contribution in [0.4, 0.5) is 0 Å². The molecule has 0 aromatic carbocycles. The molecule has 2 rings (SSSR count). The standard InChI is InChI=1S/C17H36N4.2ClH.Mn/c1-3-4-5-17-7-11-21-12-8-18-16(2)6-10-20(14-15-21)13-9-19-17;;;/h16-19H,3-15H2,1-2H3;2*1H;/q;;;+2/p-2. The van der Waals surface area contributed by atoms with Crippen molar-refractivity contribution in [2.45, 2.75) is 58.0 Å². The van der Waals surface area contributed by atoms with Gasteiger partial charge in [0.15, 0.2) is 0 Å². The van der Waals surface area contributed by atoms with Crippen LogP contribution in [0.5, 0.6) is 0 Å². The van der Waals surface area contributed by atoms with Crippen LogP contribution in [0.15, 0.2) is 0 Å². The Morgan fingerprint density at radius 2 is 1.50 bits per heavy atom. The zero-order chi connectivity index (χ0) is 17.6. The molecule has 2 heterocycles. The van der Waals surface area contributed by atoms with Crippen molar-refractivity contribution in [1.29, 1.82) is 0 Å². The molecule has 7 heteroatoms. The molecule has 2 aliphatic rings. The monoisotopic (exact) mass is 421 g/mol. The van der Waals surface area contributed by atoms with Crippen LogP contribution in [-0.4, -0.2) is 74.2 Å². The van der Waals surface area contributed by atoms with Crippen LogP contribution in [0, 0.1) is 0 Å². The zero-order valence-electron chi connectivity index (χ0n) is 15.4. The molecule has 0 saturated carbocycles. The first-order valence-electron chi connectivity index (χ1n) is 9.48. The van der Waals surface area contributed by atoms with Crippen LogP contribution >= 0.6 is 20.2 Å². The van der Waals surface area contributed by atoms with Gasteiger partial charge in [-0.15, -0.1) is 0 Å². The number of fused-ring (bicyclic) bond motifs is 3. The fourth-order valence-electron chi connectivity index (χ4n) is 3.47. The molecular weight excluding hydrogens is 386 g/mol. The van der Waals surface area contributed by atoms with Crippen LogP contribution in [0.25, 0.3) is 0 Å². The number of nitrogens with one attached hydrogen (secondary N) is 2. The van der Waals surface area contributed by atoms with Gasteiger partial charge < -0.3 is 20.4 Å². The van der Waals surface area contributed by atoms with E-state index in [0.29, 0.717) is 6.04 Å². The summed E-state index contributed by atoms with van der Waals surface area (Å²) in [6, 6.07) is 1.38. The van der Waals surface area contributed by atoms with Crippen LogP contribution in [0.1, 0.15) is 46.0 Å². The third-order valence-corrected chi connectivity index (χ3v) is 5.09. The van der Waals surface area contributed by atoms with Gasteiger partial charge in [0, 0.05) is 51.4 Å². The summed E-state index contributed by atoms with van der Waals surface area (Å²) in [6.07, 6.45) is 6.62. The molecule has 0 amide bonds. The molecule has 0 aromatic heterocycles. The van der Waals surface area contributed by atoms with Crippen molar-refractivity contribution in [3.8, 4) is 0 Å². The molecule has 0 aliphatic carbocycles. The fraction of sp³-hybridized carbons (Fsp3) is 1.00. The van der Waals surface area contributed by atoms with Gasteiger partial charge >= 0.3 is 33.3 Å². The predicted molar refractivity (Wildman–Crippen MR) is 103 cm³/mol. The molecule has 0 spiro atoms. The average molecular weight is 422 g/mol. The quantitative estimate of drug-likeness (QED) is 0.685. The van der Waals surface area contributed by atoms with E-state index in [1.54, 1.807) is 0 Å². The Morgan fingerprint density at radius 3 is 2.12 bits per heavy atom. The minimum absolute atomic E-state index is 0.00694. The Hall–Kier alpha value is 0.939. The van der Waals surface area contributed by atoms with E-state index >= 15 is 0 Å². The van der Waals surface area contributed by atoms with Crippen molar-refractivity contribution < 1.29 is 13.1 Å². The van der Waals surface area contributed by atoms with Crippen LogP contribution in [-0.2, 0) is 13.1 Å². The Bertz CT molecular complexity index is 300. The fourth-order valence-corrected chi connectivity index (χ4v) is 3.47. The number of hydrogen-bond acceptors (Lipinski definition) is 4. The molecule has 2 saturated heterocycles. The summed E-state index contributed by atoms with van der Waals surface area (Å²) in [7, 11) is 9.59. The van der Waals surface area contributed by atoms with Crippen molar-refractivity contribution in [1.82, 2.24) is 20.4 Å². The SMILES string of the molecule is CCCCC1CCN2CCNC(C)CCN(CCN1)CC2.[Cl][Mn][Cl]. The second-order valence-electron chi connectivity index (χ2n) is 6.96. The molecule has 24 heavy (non-hydrogen) atoms. The van der Waals surface area contributed by atoms with E-state index in [9.17, 15) is 0 Å². The molecule has 2 aliphatic heterocycles. The number of hydrogen-bond donors (Lipinski definition) is 2. The first kappa shape index (κ1) is 23.0. The third kappa shape index (κ3) is 10.8. The first-order valence-corrected chi connectivity index (χ1v) is 12.7. The van der Waals surface area contributed by atoms with E-state index in [4.69, 9.17) is 20.2 Å². The van der Waals surface area contributed by atoms with Gasteiger partial charge in [-0.2, -0.15) is 0 Å². The van der Waals surface area contributed by atoms with Gasteiger partial charge in [0.1, 0.15) is 0 Å². The number of rotatable bonds is 3. The Balaban J connectivity index is 0.000000891. The zero-order valence-corrected chi connectivity index (χ0v) is 18.1. The second kappa shape index (κ2) is 15.0. The molecule has 0 radical (unpaired) electrons. The summed E-state index contributed by atoms with van der Waals surface area (Å²) in [5.41, 5.74) is 0. The van der Waals surface area contributed by atoms with Gasteiger partial charge in [0.25, 0.3) is 0 Å². The average Bonchev–Trinajstić information content (AvgIpc) is 2.58. The molecule has 4 unspecified atom stereocenters. The first-order chi connectivity index (χ1) is 11.7. The Labute approximate surface area is 164 Å². The number of nitrogens with zero attached hydrogens (tertiary/aromatic N) is 2. The summed E-state index contributed by atoms with van der Waals surface area (Å²) in [6.45, 7) is 14.3. The van der Waals surface area contributed by atoms with Crippen molar-refractivity contribution >= 4 is 20.2 Å². The summed E-state index contributed by atoms with van der Waals surface area (Å²) in [5, 5.41) is 7.50. The molecule has 2 N–H and O–H groups in total. The van der Waals surface area contributed by atoms with Gasteiger partial charge in [-0.1, -0.05) is 19.8 Å². The van der Waals surface area contributed by atoms with Gasteiger partial charge in [-0.3, -0.25) is 0 Å². The van der Waals surface area contributed by atoms with Gasteiger partial charge in [-0.25, -0.2) is 0 Å². The van der Waals surface area contributed by atoms with Crippen LogP contribution in [0.3, 0.4) is 0 Å². The summed E-state index contributed by atoms with van der Waals surface area (Å²) in [5.74, 6) is 0. The van der Waals surface area contributed by atoms with Gasteiger partial charge in [0.05, 0.1) is 0 Å². The van der Waals surface area contributed by atoms with E-state index < -0.39 is 0 Å². The van der Waals surface area contributed by atoms with Crippen LogP contribution < -0.4 is 10.6 Å². The summed E-state index contributed by atoms with van der Waals surface area (Å²) < 4.78 is 0. The van der Waals surface area contributed by atoms with Gasteiger partial charge in [-0.05, 0) is 39.3 Å². The molecule has 2 fully saturated rings. The normalized spacial score (nSPS) is 32.5. The third-order valence-electron chi connectivity index (χ3n) is 5.09. The van der Waals surface area contributed by atoms with Crippen molar-refractivity contribution in [3.05, 3.63) is 0 Å². The topological polar surface area (TPSA) is 30.5 Å². The second-order valence-corrected chi connectivity index (χ2v) is 8.91. The van der Waals surface area contributed by atoms with Crippen LogP contribution in [0.2, 0.25) is 0 Å². The molecule has 0 aromatic rings. The molecule has 2 bridgehead atoms.